The molecule has 1 aromatic heterocycles. The summed E-state index contributed by atoms with van der Waals surface area (Å²) in [6, 6.07) is 9.94. The van der Waals surface area contributed by atoms with E-state index in [0.717, 1.165) is 48.2 Å². The molecule has 132 valence electrons. The second kappa shape index (κ2) is 7.43. The molecule has 0 aliphatic carbocycles. The number of ether oxygens (including phenoxy) is 3. The zero-order valence-corrected chi connectivity index (χ0v) is 14.6. The predicted molar refractivity (Wildman–Crippen MR) is 93.5 cm³/mol. The van der Waals surface area contributed by atoms with Gasteiger partial charge in [-0.25, -0.2) is 0 Å². The van der Waals surface area contributed by atoms with Crippen molar-refractivity contribution in [3.05, 3.63) is 46.2 Å². The van der Waals surface area contributed by atoms with Crippen LogP contribution in [0.15, 0.2) is 35.7 Å². The molecule has 25 heavy (non-hydrogen) atoms. The highest BCUT2D eigenvalue weighted by molar-refractivity contribution is 7.12. The highest BCUT2D eigenvalue weighted by Gasteiger charge is 2.28. The number of rotatable bonds is 5. The number of quaternary nitrogens is 1. The van der Waals surface area contributed by atoms with Gasteiger partial charge < -0.3 is 24.4 Å². The van der Waals surface area contributed by atoms with E-state index >= 15 is 0 Å². The Labute approximate surface area is 150 Å². The van der Waals surface area contributed by atoms with Gasteiger partial charge in [-0.2, -0.15) is 0 Å². The Bertz CT molecular complexity index is 729. The number of hydrogen-bond donors (Lipinski definition) is 2. The van der Waals surface area contributed by atoms with E-state index in [1.807, 2.05) is 29.6 Å². The van der Waals surface area contributed by atoms with Gasteiger partial charge in [-0.1, -0.05) is 6.07 Å². The zero-order valence-electron chi connectivity index (χ0n) is 13.8. The SMILES string of the molecule is O=C(NC[C@@H](c1ccc2c(c1)OCO2)[NH+]1CCOCC1)c1cccs1. The normalized spacial score (nSPS) is 18.1. The van der Waals surface area contributed by atoms with Gasteiger partial charge in [0, 0.05) is 5.56 Å². The predicted octanol–water partition coefficient (Wildman–Crippen LogP) is 0.863. The Morgan fingerprint density at radius 2 is 2.04 bits per heavy atom. The second-order valence-corrected chi connectivity index (χ2v) is 7.07. The number of morpholine rings is 1. The third kappa shape index (κ3) is 3.63. The first-order valence-electron chi connectivity index (χ1n) is 8.45. The molecule has 1 amide bonds. The number of nitrogens with one attached hydrogen (secondary N) is 2. The van der Waals surface area contributed by atoms with Crippen LogP contribution in [0.4, 0.5) is 0 Å². The molecular formula is C18H21N2O4S+. The summed E-state index contributed by atoms with van der Waals surface area (Å²) < 4.78 is 16.4. The Kier molecular flexibility index (Phi) is 4.87. The number of thiophene rings is 1. The van der Waals surface area contributed by atoms with E-state index in [2.05, 4.69) is 11.4 Å². The highest BCUT2D eigenvalue weighted by Crippen LogP contribution is 2.33. The van der Waals surface area contributed by atoms with Crippen LogP contribution in [0.2, 0.25) is 0 Å². The van der Waals surface area contributed by atoms with Crippen LogP contribution in [-0.2, 0) is 4.74 Å². The Morgan fingerprint density at radius 1 is 1.20 bits per heavy atom. The molecule has 0 spiro atoms. The summed E-state index contributed by atoms with van der Waals surface area (Å²) in [6.07, 6.45) is 0. The first kappa shape index (κ1) is 16.4. The van der Waals surface area contributed by atoms with Crippen LogP contribution in [0, 0.1) is 0 Å². The topological polar surface area (TPSA) is 61.2 Å². The minimum atomic E-state index is -0.0200. The number of amides is 1. The van der Waals surface area contributed by atoms with Crippen molar-refractivity contribution in [1.82, 2.24) is 5.32 Å². The molecule has 0 saturated carbocycles. The molecule has 2 aromatic rings. The van der Waals surface area contributed by atoms with Crippen molar-refractivity contribution >= 4 is 17.2 Å². The van der Waals surface area contributed by atoms with Crippen LogP contribution >= 0.6 is 11.3 Å². The van der Waals surface area contributed by atoms with Gasteiger partial charge in [-0.05, 0) is 29.6 Å². The minimum Gasteiger partial charge on any atom is -0.454 e. The molecule has 2 aliphatic heterocycles. The fourth-order valence-corrected chi connectivity index (χ4v) is 3.94. The molecule has 0 bridgehead atoms. The summed E-state index contributed by atoms with van der Waals surface area (Å²) in [5.41, 5.74) is 1.15. The van der Waals surface area contributed by atoms with E-state index in [0.29, 0.717) is 6.54 Å². The van der Waals surface area contributed by atoms with E-state index in [4.69, 9.17) is 14.2 Å². The Morgan fingerprint density at radius 3 is 2.84 bits per heavy atom. The summed E-state index contributed by atoms with van der Waals surface area (Å²) in [7, 11) is 0. The maximum Gasteiger partial charge on any atom is 0.261 e. The van der Waals surface area contributed by atoms with Crippen LogP contribution in [0.5, 0.6) is 11.5 Å². The van der Waals surface area contributed by atoms with E-state index < -0.39 is 0 Å². The van der Waals surface area contributed by atoms with E-state index in [-0.39, 0.29) is 18.7 Å². The number of carbonyl (C=O) groups is 1. The van der Waals surface area contributed by atoms with E-state index in [9.17, 15) is 4.79 Å². The van der Waals surface area contributed by atoms with Gasteiger partial charge in [0.25, 0.3) is 5.91 Å². The summed E-state index contributed by atoms with van der Waals surface area (Å²) in [6.45, 7) is 4.18. The molecule has 1 fully saturated rings. The van der Waals surface area contributed by atoms with Crippen molar-refractivity contribution in [2.24, 2.45) is 0 Å². The minimum absolute atomic E-state index is 0.0200. The van der Waals surface area contributed by atoms with Crippen molar-refractivity contribution in [3.63, 3.8) is 0 Å². The lowest BCUT2D eigenvalue weighted by Crippen LogP contribution is -3.15. The van der Waals surface area contributed by atoms with Gasteiger partial charge in [0.1, 0.15) is 19.1 Å². The molecular weight excluding hydrogens is 340 g/mol. The van der Waals surface area contributed by atoms with Crippen molar-refractivity contribution < 1.29 is 23.9 Å². The van der Waals surface area contributed by atoms with Crippen LogP contribution in [0.1, 0.15) is 21.3 Å². The number of fused-ring (bicyclic) bond motifs is 1. The summed E-state index contributed by atoms with van der Waals surface area (Å²) >= 11 is 1.46. The second-order valence-electron chi connectivity index (χ2n) is 6.12. The van der Waals surface area contributed by atoms with Gasteiger partial charge in [-0.15, -0.1) is 11.3 Å². The molecule has 2 N–H and O–H groups in total. The molecule has 0 radical (unpaired) electrons. The maximum atomic E-state index is 12.3. The van der Waals surface area contributed by atoms with Crippen LogP contribution in [0.25, 0.3) is 0 Å². The van der Waals surface area contributed by atoms with Gasteiger partial charge in [-0.3, -0.25) is 4.79 Å². The maximum absolute atomic E-state index is 12.3. The van der Waals surface area contributed by atoms with E-state index in [1.54, 1.807) is 0 Å². The highest BCUT2D eigenvalue weighted by atomic mass is 32.1. The summed E-state index contributed by atoms with van der Waals surface area (Å²) in [5.74, 6) is 1.54. The molecule has 4 rings (SSSR count). The van der Waals surface area contributed by atoms with Gasteiger partial charge in [0.2, 0.25) is 6.79 Å². The first-order valence-corrected chi connectivity index (χ1v) is 9.33. The van der Waals surface area contributed by atoms with Crippen molar-refractivity contribution in [3.8, 4) is 11.5 Å². The van der Waals surface area contributed by atoms with E-state index in [1.165, 1.54) is 16.2 Å². The lowest BCUT2D eigenvalue weighted by molar-refractivity contribution is -0.937. The molecule has 1 saturated heterocycles. The van der Waals surface area contributed by atoms with Crippen LogP contribution in [-0.4, -0.2) is 45.5 Å². The van der Waals surface area contributed by atoms with Gasteiger partial charge in [0.15, 0.2) is 11.5 Å². The molecule has 1 atom stereocenters. The molecule has 0 unspecified atom stereocenters. The molecule has 3 heterocycles. The third-order valence-corrected chi connectivity index (χ3v) is 5.51. The lowest BCUT2D eigenvalue weighted by Gasteiger charge is -2.32. The van der Waals surface area contributed by atoms with Crippen molar-refractivity contribution in [2.45, 2.75) is 6.04 Å². The fourth-order valence-electron chi connectivity index (χ4n) is 3.30. The number of benzene rings is 1. The molecule has 1 aromatic carbocycles. The summed E-state index contributed by atoms with van der Waals surface area (Å²) in [5, 5.41) is 5.00. The molecule has 7 heteroatoms. The molecule has 6 nitrogen and oxygen atoms in total. The van der Waals surface area contributed by atoms with Crippen LogP contribution in [0.3, 0.4) is 0 Å². The molecule has 2 aliphatic rings. The Balaban J connectivity index is 1.52. The average molecular weight is 361 g/mol. The number of hydrogen-bond acceptors (Lipinski definition) is 5. The monoisotopic (exact) mass is 361 g/mol. The average Bonchev–Trinajstić information content (AvgIpc) is 3.34. The van der Waals surface area contributed by atoms with Gasteiger partial charge in [0.05, 0.1) is 24.6 Å². The lowest BCUT2D eigenvalue weighted by atomic mass is 10.0. The fraction of sp³-hybridized carbons (Fsp3) is 0.389. The van der Waals surface area contributed by atoms with Crippen LogP contribution < -0.4 is 19.7 Å². The quantitative estimate of drug-likeness (QED) is 0.829. The zero-order chi connectivity index (χ0) is 17.1. The standard InChI is InChI=1S/C18H20N2O4S/c21-18(17-2-1-9-25-17)19-11-14(20-5-7-22-8-6-20)13-3-4-15-16(10-13)24-12-23-15/h1-4,9-10,14H,5-8,11-12H2,(H,19,21)/p+1/t14-/m0/s1. The smallest absolute Gasteiger partial charge is 0.261 e. The summed E-state index contributed by atoms with van der Waals surface area (Å²) in [4.78, 5) is 14.5. The van der Waals surface area contributed by atoms with Crippen molar-refractivity contribution in [1.29, 1.82) is 0 Å². The number of carbonyl (C=O) groups excluding carboxylic acids is 1. The largest absolute Gasteiger partial charge is 0.454 e. The first-order chi connectivity index (χ1) is 12.3. The van der Waals surface area contributed by atoms with Gasteiger partial charge >= 0.3 is 0 Å². The Hall–Kier alpha value is -2.09. The third-order valence-electron chi connectivity index (χ3n) is 4.64. The van der Waals surface area contributed by atoms with Crippen molar-refractivity contribution in [2.75, 3.05) is 39.6 Å².